The molecule has 0 bridgehead atoms. The normalized spacial score (nSPS) is 13.1. The lowest BCUT2D eigenvalue weighted by atomic mass is 10.1. The molecule has 4 heteroatoms. The number of hydrogen-bond acceptors (Lipinski definition) is 2. The molecule has 0 aliphatic rings. The van der Waals surface area contributed by atoms with Crippen LogP contribution < -0.4 is 0 Å². The lowest BCUT2D eigenvalue weighted by molar-refractivity contribution is 0.188. The van der Waals surface area contributed by atoms with Gasteiger partial charge in [-0.1, -0.05) is 0 Å². The summed E-state index contributed by atoms with van der Waals surface area (Å²) in [6, 6.07) is 0. The molecule has 0 amide bonds. The Morgan fingerprint density at radius 2 is 2.13 bits per heavy atom. The van der Waals surface area contributed by atoms with Gasteiger partial charge in [0.1, 0.15) is 0 Å². The summed E-state index contributed by atoms with van der Waals surface area (Å²) in [5.41, 5.74) is 3.37. The van der Waals surface area contributed by atoms with Crippen molar-refractivity contribution in [2.75, 3.05) is 13.7 Å². The Morgan fingerprint density at radius 3 is 2.60 bits per heavy atom. The molecule has 0 radical (unpaired) electrons. The van der Waals surface area contributed by atoms with Gasteiger partial charge in [-0.05, 0) is 27.2 Å². The van der Waals surface area contributed by atoms with E-state index in [4.69, 9.17) is 16.3 Å². The minimum atomic E-state index is 0.0289. The number of halogens is 1. The van der Waals surface area contributed by atoms with Gasteiger partial charge >= 0.3 is 0 Å². The summed E-state index contributed by atoms with van der Waals surface area (Å²) in [6.07, 6.45) is 0.981. The number of aromatic nitrogens is 2. The second-order valence-corrected chi connectivity index (χ2v) is 4.42. The van der Waals surface area contributed by atoms with E-state index in [-0.39, 0.29) is 5.38 Å². The summed E-state index contributed by atoms with van der Waals surface area (Å²) in [6.45, 7) is 7.72. The maximum atomic E-state index is 6.11. The highest BCUT2D eigenvalue weighted by Crippen LogP contribution is 2.26. The van der Waals surface area contributed by atoms with E-state index in [1.165, 1.54) is 5.69 Å². The number of ether oxygens (including phenoxy) is 1. The predicted molar refractivity (Wildman–Crippen MR) is 62.5 cm³/mol. The van der Waals surface area contributed by atoms with Gasteiger partial charge in [-0.15, -0.1) is 11.6 Å². The van der Waals surface area contributed by atoms with Gasteiger partial charge in [0.05, 0.1) is 11.1 Å². The lowest BCUT2D eigenvalue weighted by Crippen LogP contribution is -2.05. The van der Waals surface area contributed by atoms with Crippen LogP contribution >= 0.6 is 11.6 Å². The van der Waals surface area contributed by atoms with Gasteiger partial charge in [-0.3, -0.25) is 4.68 Å². The Morgan fingerprint density at radius 1 is 1.47 bits per heavy atom. The van der Waals surface area contributed by atoms with Crippen LogP contribution in [0.2, 0.25) is 0 Å². The maximum Gasteiger partial charge on any atom is 0.0643 e. The van der Waals surface area contributed by atoms with Gasteiger partial charge in [-0.25, -0.2) is 0 Å². The molecule has 3 nitrogen and oxygen atoms in total. The molecule has 1 heterocycles. The van der Waals surface area contributed by atoms with E-state index in [1.807, 2.05) is 18.5 Å². The van der Waals surface area contributed by atoms with Crippen LogP contribution in [0.5, 0.6) is 0 Å². The van der Waals surface area contributed by atoms with Crippen LogP contribution in [0.25, 0.3) is 0 Å². The molecule has 1 aromatic rings. The van der Waals surface area contributed by atoms with E-state index in [0.717, 1.165) is 30.8 Å². The summed E-state index contributed by atoms with van der Waals surface area (Å²) in [4.78, 5) is 0. The molecular formula is C11H19ClN2O. The summed E-state index contributed by atoms with van der Waals surface area (Å²) in [5, 5.41) is 4.51. The van der Waals surface area contributed by atoms with E-state index in [2.05, 4.69) is 12.0 Å². The highest BCUT2D eigenvalue weighted by molar-refractivity contribution is 6.20. The zero-order valence-corrected chi connectivity index (χ0v) is 10.6. The maximum absolute atomic E-state index is 6.11. The standard InChI is InChI=1S/C11H19ClN2O/c1-8(12)11-9(2)13-14(10(11)3)6-5-7-15-4/h8H,5-7H2,1-4H3. The Balaban J connectivity index is 2.77. The smallest absolute Gasteiger partial charge is 0.0643 e. The van der Waals surface area contributed by atoms with Crippen LogP contribution in [0, 0.1) is 13.8 Å². The minimum absolute atomic E-state index is 0.0289. The van der Waals surface area contributed by atoms with Gasteiger partial charge in [0.25, 0.3) is 0 Å². The van der Waals surface area contributed by atoms with Gasteiger partial charge in [0, 0.05) is 31.5 Å². The van der Waals surface area contributed by atoms with Crippen LogP contribution in [-0.4, -0.2) is 23.5 Å². The number of methoxy groups -OCH3 is 1. The highest BCUT2D eigenvalue weighted by Gasteiger charge is 2.15. The topological polar surface area (TPSA) is 27.1 Å². The van der Waals surface area contributed by atoms with Crippen molar-refractivity contribution in [1.82, 2.24) is 9.78 Å². The van der Waals surface area contributed by atoms with E-state index in [9.17, 15) is 0 Å². The fourth-order valence-corrected chi connectivity index (χ4v) is 2.18. The average molecular weight is 231 g/mol. The first-order chi connectivity index (χ1) is 7.07. The summed E-state index contributed by atoms with van der Waals surface area (Å²) < 4.78 is 7.04. The van der Waals surface area contributed by atoms with Crippen LogP contribution in [-0.2, 0) is 11.3 Å². The monoisotopic (exact) mass is 230 g/mol. The van der Waals surface area contributed by atoms with Gasteiger partial charge in [0.2, 0.25) is 0 Å². The molecule has 0 spiro atoms. The average Bonchev–Trinajstić information content (AvgIpc) is 2.42. The quantitative estimate of drug-likeness (QED) is 0.575. The molecule has 0 saturated carbocycles. The Kier molecular flexibility index (Phi) is 4.61. The number of hydrogen-bond donors (Lipinski definition) is 0. The largest absolute Gasteiger partial charge is 0.385 e. The summed E-state index contributed by atoms with van der Waals surface area (Å²) in [5.74, 6) is 0. The van der Waals surface area contributed by atoms with Crippen LogP contribution in [0.3, 0.4) is 0 Å². The molecule has 0 fully saturated rings. The molecule has 0 aliphatic carbocycles. The van der Waals surface area contributed by atoms with E-state index >= 15 is 0 Å². The molecule has 0 saturated heterocycles. The van der Waals surface area contributed by atoms with Gasteiger partial charge < -0.3 is 4.74 Å². The first-order valence-corrected chi connectivity index (χ1v) is 5.68. The third-order valence-electron chi connectivity index (χ3n) is 2.55. The van der Waals surface area contributed by atoms with E-state index in [1.54, 1.807) is 7.11 Å². The summed E-state index contributed by atoms with van der Waals surface area (Å²) >= 11 is 6.11. The first-order valence-electron chi connectivity index (χ1n) is 5.24. The zero-order chi connectivity index (χ0) is 11.4. The molecule has 1 rings (SSSR count). The minimum Gasteiger partial charge on any atom is -0.385 e. The number of aryl methyl sites for hydroxylation is 2. The second-order valence-electron chi connectivity index (χ2n) is 3.77. The van der Waals surface area contributed by atoms with Gasteiger partial charge in [0.15, 0.2) is 0 Å². The fourth-order valence-electron chi connectivity index (χ4n) is 1.86. The molecule has 1 unspecified atom stereocenters. The van der Waals surface area contributed by atoms with Crippen molar-refractivity contribution in [2.24, 2.45) is 0 Å². The Bertz CT molecular complexity index is 321. The molecule has 1 aromatic heterocycles. The molecule has 86 valence electrons. The van der Waals surface area contributed by atoms with Crippen LogP contribution in [0.1, 0.15) is 35.7 Å². The molecular weight excluding hydrogens is 212 g/mol. The zero-order valence-electron chi connectivity index (χ0n) is 9.88. The second kappa shape index (κ2) is 5.52. The number of nitrogens with zero attached hydrogens (tertiary/aromatic N) is 2. The van der Waals surface area contributed by atoms with Crippen molar-refractivity contribution < 1.29 is 4.74 Å². The first kappa shape index (κ1) is 12.5. The Hall–Kier alpha value is -0.540. The van der Waals surface area contributed by atoms with Crippen molar-refractivity contribution in [2.45, 2.75) is 39.1 Å². The van der Waals surface area contributed by atoms with Crippen molar-refractivity contribution in [3.63, 3.8) is 0 Å². The molecule has 0 aliphatic heterocycles. The predicted octanol–water partition coefficient (Wildman–Crippen LogP) is 2.84. The van der Waals surface area contributed by atoms with Crippen LogP contribution in [0.15, 0.2) is 0 Å². The Labute approximate surface area is 96.4 Å². The van der Waals surface area contributed by atoms with Crippen molar-refractivity contribution >= 4 is 11.6 Å². The number of rotatable bonds is 5. The van der Waals surface area contributed by atoms with E-state index < -0.39 is 0 Å². The fraction of sp³-hybridized carbons (Fsp3) is 0.727. The highest BCUT2D eigenvalue weighted by atomic mass is 35.5. The van der Waals surface area contributed by atoms with Gasteiger partial charge in [-0.2, -0.15) is 5.10 Å². The molecule has 1 atom stereocenters. The SMILES string of the molecule is COCCCn1nc(C)c(C(C)Cl)c1C. The molecule has 15 heavy (non-hydrogen) atoms. The third kappa shape index (κ3) is 2.95. The molecule has 0 aromatic carbocycles. The third-order valence-corrected chi connectivity index (χ3v) is 2.77. The summed E-state index contributed by atoms with van der Waals surface area (Å²) in [7, 11) is 1.72. The van der Waals surface area contributed by atoms with Crippen molar-refractivity contribution in [3.8, 4) is 0 Å². The van der Waals surface area contributed by atoms with Crippen LogP contribution in [0.4, 0.5) is 0 Å². The van der Waals surface area contributed by atoms with Crippen molar-refractivity contribution in [1.29, 1.82) is 0 Å². The van der Waals surface area contributed by atoms with Crippen molar-refractivity contribution in [3.05, 3.63) is 17.0 Å². The number of alkyl halides is 1. The molecule has 0 N–H and O–H groups in total. The lowest BCUT2D eigenvalue weighted by Gasteiger charge is -2.06. The van der Waals surface area contributed by atoms with E-state index in [0.29, 0.717) is 0 Å².